The van der Waals surface area contributed by atoms with Crippen molar-refractivity contribution in [1.82, 2.24) is 0 Å². The Balaban J connectivity index is 5.80. The van der Waals surface area contributed by atoms with Gasteiger partial charge in [0.25, 0.3) is 0 Å². The van der Waals surface area contributed by atoms with Crippen molar-refractivity contribution in [3.63, 3.8) is 0 Å². The van der Waals surface area contributed by atoms with E-state index in [0.29, 0.717) is 0 Å². The molecule has 3 heteroatoms. The zero-order chi connectivity index (χ0) is 13.7. The lowest BCUT2D eigenvalue weighted by Crippen LogP contribution is -2.50. The third kappa shape index (κ3) is 2.40. The Labute approximate surface area is 108 Å². The molecule has 0 aromatic heterocycles. The third-order valence-electron chi connectivity index (χ3n) is 5.01. The molecule has 0 saturated carbocycles. The molecule has 0 fully saturated rings. The molecule has 0 aromatic carbocycles. The van der Waals surface area contributed by atoms with Gasteiger partial charge in [0.2, 0.25) is 0 Å². The molecule has 0 N–H and O–H groups in total. The van der Waals surface area contributed by atoms with Gasteiger partial charge in [-0.2, -0.15) is 0 Å². The summed E-state index contributed by atoms with van der Waals surface area (Å²) in [6, 6.07) is 0. The molecule has 0 aliphatic carbocycles. The van der Waals surface area contributed by atoms with Crippen LogP contribution >= 0.6 is 0 Å². The predicted molar refractivity (Wildman–Crippen MR) is 76.1 cm³/mol. The molecule has 2 nitrogen and oxygen atoms in total. The van der Waals surface area contributed by atoms with Crippen LogP contribution in [0.4, 0.5) is 0 Å². The Kier molecular flexibility index (Phi) is 6.20. The lowest BCUT2D eigenvalue weighted by Gasteiger charge is -2.41. The van der Waals surface area contributed by atoms with Gasteiger partial charge in [-0.3, -0.25) is 0 Å². The first-order valence-electron chi connectivity index (χ1n) is 7.11. The van der Waals surface area contributed by atoms with E-state index in [9.17, 15) is 8.42 Å². The van der Waals surface area contributed by atoms with Gasteiger partial charge in [0, 0.05) is 0 Å². The van der Waals surface area contributed by atoms with Gasteiger partial charge < -0.3 is 0 Å². The molecule has 0 unspecified atom stereocenters. The minimum atomic E-state index is -3.09. The second-order valence-corrected chi connectivity index (χ2v) is 7.73. The quantitative estimate of drug-likeness (QED) is 0.652. The average Bonchev–Trinajstić information content (AvgIpc) is 2.34. The molecule has 0 atom stereocenters. The minimum absolute atomic E-state index is 0.519. The number of hydrogen-bond acceptors (Lipinski definition) is 2. The fraction of sp³-hybridized carbons (Fsp3) is 1.00. The van der Waals surface area contributed by atoms with Crippen molar-refractivity contribution >= 4 is 9.84 Å². The van der Waals surface area contributed by atoms with E-state index >= 15 is 0 Å². The summed E-state index contributed by atoms with van der Waals surface area (Å²) in [4.78, 5) is 0. The van der Waals surface area contributed by atoms with Gasteiger partial charge in [-0.05, 0) is 38.5 Å². The van der Waals surface area contributed by atoms with Crippen LogP contribution < -0.4 is 0 Å². The van der Waals surface area contributed by atoms with Crippen molar-refractivity contribution in [2.24, 2.45) is 0 Å². The second-order valence-electron chi connectivity index (χ2n) is 4.99. The van der Waals surface area contributed by atoms with Crippen LogP contribution in [0.2, 0.25) is 0 Å². The number of rotatable bonds is 8. The molecule has 0 amide bonds. The van der Waals surface area contributed by atoms with Gasteiger partial charge in [-0.25, -0.2) is 8.42 Å². The summed E-state index contributed by atoms with van der Waals surface area (Å²) < 4.78 is 25.1. The predicted octanol–water partition coefficient (Wildman–Crippen LogP) is 4.34. The van der Waals surface area contributed by atoms with E-state index in [1.165, 1.54) is 0 Å². The zero-order valence-corrected chi connectivity index (χ0v) is 13.3. The van der Waals surface area contributed by atoms with E-state index < -0.39 is 19.3 Å². The van der Waals surface area contributed by atoms with Gasteiger partial charge in [-0.15, -0.1) is 0 Å². The lowest BCUT2D eigenvalue weighted by atomic mass is 9.98. The van der Waals surface area contributed by atoms with Crippen LogP contribution in [-0.4, -0.2) is 17.9 Å². The summed E-state index contributed by atoms with van der Waals surface area (Å²) in [5.41, 5.74) is 0. The fourth-order valence-electron chi connectivity index (χ4n) is 3.10. The van der Waals surface area contributed by atoms with Crippen LogP contribution in [-0.2, 0) is 9.84 Å². The summed E-state index contributed by atoms with van der Waals surface area (Å²) >= 11 is 0. The number of hydrogen-bond donors (Lipinski definition) is 0. The van der Waals surface area contributed by atoms with Crippen LogP contribution in [0.5, 0.6) is 0 Å². The largest absolute Gasteiger partial charge is 0.228 e. The van der Waals surface area contributed by atoms with Crippen molar-refractivity contribution in [3.8, 4) is 0 Å². The first kappa shape index (κ1) is 16.9. The highest BCUT2D eigenvalue weighted by atomic mass is 32.2. The maximum atomic E-state index is 13.1. The molecule has 17 heavy (non-hydrogen) atoms. The van der Waals surface area contributed by atoms with E-state index in [1.54, 1.807) is 0 Å². The fourth-order valence-corrected chi connectivity index (χ4v) is 6.30. The summed E-state index contributed by atoms with van der Waals surface area (Å²) in [5, 5.41) is 0. The van der Waals surface area contributed by atoms with E-state index in [0.717, 1.165) is 38.5 Å². The zero-order valence-electron chi connectivity index (χ0n) is 12.5. The minimum Gasteiger partial charge on any atom is -0.228 e. The molecule has 0 rings (SSSR count). The highest BCUT2D eigenvalue weighted by Gasteiger charge is 2.50. The normalized spacial score (nSPS) is 14.0. The maximum Gasteiger partial charge on any atom is 0.161 e. The lowest BCUT2D eigenvalue weighted by molar-refractivity contribution is 0.409. The van der Waals surface area contributed by atoms with E-state index in [-0.39, 0.29) is 0 Å². The summed E-state index contributed by atoms with van der Waals surface area (Å²) in [6.45, 7) is 12.1. The molecule has 0 radical (unpaired) electrons. The van der Waals surface area contributed by atoms with Crippen molar-refractivity contribution in [1.29, 1.82) is 0 Å². The summed E-state index contributed by atoms with van der Waals surface area (Å²) in [6.07, 6.45) is 4.36. The SMILES string of the molecule is CCC(CC)(CC)S(=O)(=O)C(CC)(CC)CC. The molecule has 0 aromatic rings. The Morgan fingerprint density at radius 3 is 0.882 bits per heavy atom. The van der Waals surface area contributed by atoms with E-state index in [1.807, 2.05) is 41.5 Å². The Bertz CT molecular complexity index is 267. The van der Waals surface area contributed by atoms with Crippen molar-refractivity contribution < 1.29 is 8.42 Å². The van der Waals surface area contributed by atoms with Gasteiger partial charge in [-0.1, -0.05) is 41.5 Å². The topological polar surface area (TPSA) is 34.1 Å². The molecule has 0 aliphatic heterocycles. The molecule has 0 aliphatic rings. The number of sulfone groups is 1. The van der Waals surface area contributed by atoms with E-state index in [4.69, 9.17) is 0 Å². The van der Waals surface area contributed by atoms with Crippen molar-refractivity contribution in [2.45, 2.75) is 89.6 Å². The Morgan fingerprint density at radius 1 is 0.588 bits per heavy atom. The van der Waals surface area contributed by atoms with Crippen LogP contribution in [0.1, 0.15) is 80.1 Å². The van der Waals surface area contributed by atoms with Crippen LogP contribution in [0.25, 0.3) is 0 Å². The van der Waals surface area contributed by atoms with Crippen molar-refractivity contribution in [2.75, 3.05) is 0 Å². The maximum absolute atomic E-state index is 13.1. The molecule has 0 spiro atoms. The smallest absolute Gasteiger partial charge is 0.161 e. The summed E-state index contributed by atoms with van der Waals surface area (Å²) in [5.74, 6) is 0. The first-order valence-corrected chi connectivity index (χ1v) is 8.59. The molecular formula is C14H30O2S. The monoisotopic (exact) mass is 262 g/mol. The first-order chi connectivity index (χ1) is 7.86. The second kappa shape index (κ2) is 6.21. The van der Waals surface area contributed by atoms with Crippen LogP contribution in [0, 0.1) is 0 Å². The van der Waals surface area contributed by atoms with Crippen LogP contribution in [0.3, 0.4) is 0 Å². The molecule has 104 valence electrons. The molecule has 0 heterocycles. The highest BCUT2D eigenvalue weighted by Crippen LogP contribution is 2.42. The third-order valence-corrected chi connectivity index (χ3v) is 9.02. The molecule has 0 bridgehead atoms. The van der Waals surface area contributed by atoms with Gasteiger partial charge in [0.1, 0.15) is 0 Å². The average molecular weight is 262 g/mol. The van der Waals surface area contributed by atoms with Gasteiger partial charge >= 0.3 is 0 Å². The van der Waals surface area contributed by atoms with Crippen molar-refractivity contribution in [3.05, 3.63) is 0 Å². The highest BCUT2D eigenvalue weighted by molar-refractivity contribution is 7.94. The van der Waals surface area contributed by atoms with Gasteiger partial charge in [0.15, 0.2) is 9.84 Å². The molecular weight excluding hydrogens is 232 g/mol. The Hall–Kier alpha value is -0.0500. The Morgan fingerprint density at radius 2 is 0.765 bits per heavy atom. The standard InChI is InChI=1S/C14H30O2S/c1-7-13(8-2,9-3)17(15,16)14(10-4,11-5)12-6/h7-12H2,1-6H3. The molecule has 0 saturated heterocycles. The van der Waals surface area contributed by atoms with Crippen LogP contribution in [0.15, 0.2) is 0 Å². The summed E-state index contributed by atoms with van der Waals surface area (Å²) in [7, 11) is -3.09. The van der Waals surface area contributed by atoms with Gasteiger partial charge in [0.05, 0.1) is 9.49 Å². The van der Waals surface area contributed by atoms with E-state index in [2.05, 4.69) is 0 Å².